The standard InChI is InChI=1S/C17H25ClN2/c1-14-4-2-6-16(12-14)19-8-10-20(11-9-19)17-7-3-5-15(18)13-17/h3,5,7,13-14,16H,2,4,6,8-12H2,1H3. The number of halogens is 1. The van der Waals surface area contributed by atoms with E-state index < -0.39 is 0 Å². The fourth-order valence-corrected chi connectivity index (χ4v) is 3.94. The Kier molecular flexibility index (Phi) is 4.52. The molecular formula is C17H25ClN2. The molecule has 110 valence electrons. The average molecular weight is 293 g/mol. The maximum Gasteiger partial charge on any atom is 0.0426 e. The summed E-state index contributed by atoms with van der Waals surface area (Å²) in [4.78, 5) is 5.19. The van der Waals surface area contributed by atoms with Crippen molar-refractivity contribution < 1.29 is 0 Å². The summed E-state index contributed by atoms with van der Waals surface area (Å²) in [6.07, 6.45) is 5.65. The first kappa shape index (κ1) is 14.2. The third-order valence-corrected chi connectivity index (χ3v) is 5.15. The molecule has 1 heterocycles. The quantitative estimate of drug-likeness (QED) is 0.812. The summed E-state index contributed by atoms with van der Waals surface area (Å²) in [5.74, 6) is 0.916. The molecular weight excluding hydrogens is 268 g/mol. The summed E-state index contributed by atoms with van der Waals surface area (Å²) >= 11 is 6.09. The zero-order valence-electron chi connectivity index (χ0n) is 12.4. The van der Waals surface area contributed by atoms with Gasteiger partial charge in [-0.1, -0.05) is 37.4 Å². The lowest BCUT2D eigenvalue weighted by Crippen LogP contribution is -2.51. The summed E-state index contributed by atoms with van der Waals surface area (Å²) < 4.78 is 0. The highest BCUT2D eigenvalue weighted by molar-refractivity contribution is 6.30. The summed E-state index contributed by atoms with van der Waals surface area (Å²) in [7, 11) is 0. The molecule has 3 rings (SSSR count). The van der Waals surface area contributed by atoms with Crippen molar-refractivity contribution >= 4 is 17.3 Å². The molecule has 0 aromatic heterocycles. The molecule has 0 N–H and O–H groups in total. The molecule has 0 amide bonds. The maximum absolute atomic E-state index is 6.09. The molecule has 2 unspecified atom stereocenters. The van der Waals surface area contributed by atoms with Crippen LogP contribution in [0.1, 0.15) is 32.6 Å². The van der Waals surface area contributed by atoms with Crippen LogP contribution in [0.15, 0.2) is 24.3 Å². The molecule has 1 aliphatic heterocycles. The highest BCUT2D eigenvalue weighted by atomic mass is 35.5. The smallest absolute Gasteiger partial charge is 0.0426 e. The highest BCUT2D eigenvalue weighted by Gasteiger charge is 2.27. The second-order valence-electron chi connectivity index (χ2n) is 6.43. The van der Waals surface area contributed by atoms with Crippen LogP contribution in [0.2, 0.25) is 5.02 Å². The van der Waals surface area contributed by atoms with Crippen molar-refractivity contribution in [1.29, 1.82) is 0 Å². The Balaban J connectivity index is 1.56. The van der Waals surface area contributed by atoms with Crippen molar-refractivity contribution in [2.24, 2.45) is 5.92 Å². The van der Waals surface area contributed by atoms with Gasteiger partial charge in [0.15, 0.2) is 0 Å². The Morgan fingerprint density at radius 3 is 2.60 bits per heavy atom. The minimum Gasteiger partial charge on any atom is -0.369 e. The maximum atomic E-state index is 6.09. The number of rotatable bonds is 2. The first-order chi connectivity index (χ1) is 9.72. The van der Waals surface area contributed by atoms with Crippen molar-refractivity contribution in [3.8, 4) is 0 Å². The van der Waals surface area contributed by atoms with E-state index in [4.69, 9.17) is 11.6 Å². The zero-order valence-corrected chi connectivity index (χ0v) is 13.1. The Hall–Kier alpha value is -0.730. The molecule has 3 heteroatoms. The minimum atomic E-state index is 0.834. The van der Waals surface area contributed by atoms with E-state index in [1.165, 1.54) is 44.5 Å². The number of anilines is 1. The molecule has 0 bridgehead atoms. The molecule has 1 aromatic carbocycles. The van der Waals surface area contributed by atoms with Gasteiger partial charge < -0.3 is 4.90 Å². The van der Waals surface area contributed by atoms with Gasteiger partial charge in [0.1, 0.15) is 0 Å². The van der Waals surface area contributed by atoms with Crippen LogP contribution >= 0.6 is 11.6 Å². The summed E-state index contributed by atoms with van der Waals surface area (Å²) in [6, 6.07) is 9.09. The van der Waals surface area contributed by atoms with Gasteiger partial charge in [0.25, 0.3) is 0 Å². The number of nitrogens with zero attached hydrogens (tertiary/aromatic N) is 2. The molecule has 0 radical (unpaired) electrons. The van der Waals surface area contributed by atoms with Gasteiger partial charge in [-0.15, -0.1) is 0 Å². The molecule has 1 aromatic rings. The fraction of sp³-hybridized carbons (Fsp3) is 0.647. The van der Waals surface area contributed by atoms with Gasteiger partial charge >= 0.3 is 0 Å². The third kappa shape index (κ3) is 3.29. The van der Waals surface area contributed by atoms with Crippen LogP contribution in [-0.4, -0.2) is 37.1 Å². The Morgan fingerprint density at radius 1 is 1.10 bits per heavy atom. The number of benzene rings is 1. The lowest BCUT2D eigenvalue weighted by molar-refractivity contribution is 0.127. The molecule has 2 nitrogen and oxygen atoms in total. The lowest BCUT2D eigenvalue weighted by Gasteiger charge is -2.42. The van der Waals surface area contributed by atoms with Crippen LogP contribution in [0.4, 0.5) is 5.69 Å². The molecule has 1 saturated heterocycles. The van der Waals surface area contributed by atoms with Crippen molar-refractivity contribution in [3.05, 3.63) is 29.3 Å². The molecule has 2 fully saturated rings. The Morgan fingerprint density at radius 2 is 1.90 bits per heavy atom. The molecule has 20 heavy (non-hydrogen) atoms. The zero-order chi connectivity index (χ0) is 13.9. The fourth-order valence-electron chi connectivity index (χ4n) is 3.75. The van der Waals surface area contributed by atoms with Gasteiger partial charge in [0.2, 0.25) is 0 Å². The van der Waals surface area contributed by atoms with E-state index in [1.807, 2.05) is 12.1 Å². The number of hydrogen-bond acceptors (Lipinski definition) is 2. The molecule has 2 atom stereocenters. The van der Waals surface area contributed by atoms with Crippen LogP contribution in [0.5, 0.6) is 0 Å². The van der Waals surface area contributed by atoms with Crippen LogP contribution in [-0.2, 0) is 0 Å². The third-order valence-electron chi connectivity index (χ3n) is 4.91. The van der Waals surface area contributed by atoms with Crippen molar-refractivity contribution in [2.75, 3.05) is 31.1 Å². The van der Waals surface area contributed by atoms with Crippen molar-refractivity contribution in [2.45, 2.75) is 38.6 Å². The monoisotopic (exact) mass is 292 g/mol. The average Bonchev–Trinajstić information content (AvgIpc) is 2.47. The first-order valence-electron chi connectivity index (χ1n) is 7.97. The second-order valence-corrected chi connectivity index (χ2v) is 6.86. The van der Waals surface area contributed by atoms with Gasteiger partial charge in [-0.2, -0.15) is 0 Å². The van der Waals surface area contributed by atoms with E-state index in [0.717, 1.165) is 30.1 Å². The van der Waals surface area contributed by atoms with Crippen LogP contribution < -0.4 is 4.90 Å². The van der Waals surface area contributed by atoms with Gasteiger partial charge in [-0.05, 0) is 37.0 Å². The van der Waals surface area contributed by atoms with Crippen LogP contribution in [0.25, 0.3) is 0 Å². The predicted octanol–water partition coefficient (Wildman–Crippen LogP) is 4.04. The lowest BCUT2D eigenvalue weighted by atomic mass is 9.86. The molecule has 1 saturated carbocycles. The SMILES string of the molecule is CC1CCCC(N2CCN(c3cccc(Cl)c3)CC2)C1. The molecule has 1 aliphatic carbocycles. The number of hydrogen-bond donors (Lipinski definition) is 0. The summed E-state index contributed by atoms with van der Waals surface area (Å²) in [6.45, 7) is 7.07. The van der Waals surface area contributed by atoms with Crippen LogP contribution in [0.3, 0.4) is 0 Å². The van der Waals surface area contributed by atoms with Crippen LogP contribution in [0, 0.1) is 5.92 Å². The molecule has 2 aliphatic rings. The van der Waals surface area contributed by atoms with Crippen molar-refractivity contribution in [1.82, 2.24) is 4.90 Å². The second kappa shape index (κ2) is 6.36. The van der Waals surface area contributed by atoms with E-state index in [1.54, 1.807) is 0 Å². The topological polar surface area (TPSA) is 6.48 Å². The Bertz CT molecular complexity index is 440. The largest absolute Gasteiger partial charge is 0.369 e. The normalized spacial score (nSPS) is 28.6. The van der Waals surface area contributed by atoms with Gasteiger partial charge in [-0.3, -0.25) is 4.90 Å². The summed E-state index contributed by atoms with van der Waals surface area (Å²) in [5.41, 5.74) is 1.27. The first-order valence-corrected chi connectivity index (χ1v) is 8.35. The summed E-state index contributed by atoms with van der Waals surface area (Å²) in [5, 5.41) is 0.839. The van der Waals surface area contributed by atoms with Gasteiger partial charge in [0.05, 0.1) is 0 Å². The van der Waals surface area contributed by atoms with Crippen molar-refractivity contribution in [3.63, 3.8) is 0 Å². The van der Waals surface area contributed by atoms with E-state index in [-0.39, 0.29) is 0 Å². The predicted molar refractivity (Wildman–Crippen MR) is 86.7 cm³/mol. The van der Waals surface area contributed by atoms with Gasteiger partial charge in [0, 0.05) is 42.9 Å². The molecule has 0 spiro atoms. The van der Waals surface area contributed by atoms with E-state index in [2.05, 4.69) is 28.9 Å². The van der Waals surface area contributed by atoms with Gasteiger partial charge in [-0.25, -0.2) is 0 Å². The minimum absolute atomic E-state index is 0.834. The Labute approximate surface area is 127 Å². The van der Waals surface area contributed by atoms with E-state index in [9.17, 15) is 0 Å². The van der Waals surface area contributed by atoms with E-state index in [0.29, 0.717) is 0 Å². The van der Waals surface area contributed by atoms with E-state index >= 15 is 0 Å². The number of piperazine rings is 1. The highest BCUT2D eigenvalue weighted by Crippen LogP contribution is 2.29.